The molecule has 1 amide bonds. The normalized spacial score (nSPS) is 23.5. The van der Waals surface area contributed by atoms with Crippen LogP contribution in [0.5, 0.6) is 0 Å². The molecule has 2 atom stereocenters. The molecular weight excluding hydrogens is 304 g/mol. The summed E-state index contributed by atoms with van der Waals surface area (Å²) in [5.74, 6) is 0.0141. The quantitative estimate of drug-likeness (QED) is 0.531. The number of nitrogens with one attached hydrogen (secondary N) is 1. The number of aryl methyl sites for hydroxylation is 1. The number of H-pyrrole nitrogens is 1. The number of aromatic amines is 1. The van der Waals surface area contributed by atoms with Crippen LogP contribution in [0.25, 0.3) is 0 Å². The van der Waals surface area contributed by atoms with E-state index in [-0.39, 0.29) is 48.6 Å². The molecular formula is C15H20N2O6. The van der Waals surface area contributed by atoms with Gasteiger partial charge in [0.05, 0.1) is 13.2 Å². The van der Waals surface area contributed by atoms with Crippen molar-refractivity contribution >= 4 is 12.4 Å². The van der Waals surface area contributed by atoms with Gasteiger partial charge in [-0.05, 0) is 30.9 Å². The molecule has 1 aromatic rings. The molecule has 4 N–H and O–H groups in total. The fourth-order valence-electron chi connectivity index (χ4n) is 3.43. The van der Waals surface area contributed by atoms with Gasteiger partial charge in [-0.15, -0.1) is 0 Å². The number of nitrogens with zero attached hydrogens (tertiary/aromatic N) is 1. The summed E-state index contributed by atoms with van der Waals surface area (Å²) >= 11 is 0. The molecule has 2 fully saturated rings. The smallest absolute Gasteiger partial charge is 0.290 e. The van der Waals surface area contributed by atoms with Crippen molar-refractivity contribution in [2.75, 3.05) is 26.3 Å². The molecule has 126 valence electrons. The summed E-state index contributed by atoms with van der Waals surface area (Å²) in [5.41, 5.74) is 0.0771. The van der Waals surface area contributed by atoms with E-state index in [9.17, 15) is 19.8 Å². The summed E-state index contributed by atoms with van der Waals surface area (Å²) < 4.78 is 0. The zero-order chi connectivity index (χ0) is 17.2. The number of carbonyl (C=O) groups is 2. The fourth-order valence-corrected chi connectivity index (χ4v) is 3.43. The number of aliphatic hydroxyl groups is 2. The maximum atomic E-state index is 12.3. The number of pyridine rings is 1. The Bertz CT molecular complexity index is 638. The Kier molecular flexibility index (Phi) is 4.86. The first-order valence-electron chi connectivity index (χ1n) is 7.24. The first kappa shape index (κ1) is 17.2. The lowest BCUT2D eigenvalue weighted by Crippen LogP contribution is -2.38. The molecule has 0 bridgehead atoms. The van der Waals surface area contributed by atoms with Gasteiger partial charge >= 0.3 is 0 Å². The molecule has 1 aliphatic heterocycles. The lowest BCUT2D eigenvalue weighted by molar-refractivity contribution is -0.122. The number of hydrogen-bond acceptors (Lipinski definition) is 5. The molecule has 23 heavy (non-hydrogen) atoms. The maximum Gasteiger partial charge on any atom is 0.290 e. The molecule has 1 saturated carbocycles. The molecule has 2 aliphatic rings. The van der Waals surface area contributed by atoms with Gasteiger partial charge in [0.2, 0.25) is 0 Å². The summed E-state index contributed by atoms with van der Waals surface area (Å²) in [6.07, 6.45) is 0. The Morgan fingerprint density at radius 3 is 2.30 bits per heavy atom. The fraction of sp³-hybridized carbons (Fsp3) is 0.533. The van der Waals surface area contributed by atoms with E-state index in [1.165, 1.54) is 0 Å². The van der Waals surface area contributed by atoms with Crippen LogP contribution in [0.4, 0.5) is 0 Å². The number of carboxylic acid groups (broad SMARTS) is 1. The summed E-state index contributed by atoms with van der Waals surface area (Å²) in [6, 6.07) is 3.25. The number of likely N-dealkylation sites (tertiary alicyclic amines) is 1. The Hall–Kier alpha value is -2.19. The first-order chi connectivity index (χ1) is 10.9. The third-order valence-electron chi connectivity index (χ3n) is 4.85. The molecule has 3 rings (SSSR count). The second-order valence-corrected chi connectivity index (χ2v) is 5.96. The van der Waals surface area contributed by atoms with Crippen molar-refractivity contribution in [3.63, 3.8) is 0 Å². The number of aromatic nitrogens is 1. The van der Waals surface area contributed by atoms with Crippen LogP contribution in [-0.2, 0) is 4.79 Å². The molecule has 2 heterocycles. The van der Waals surface area contributed by atoms with Crippen LogP contribution in [0.15, 0.2) is 16.9 Å². The zero-order valence-corrected chi connectivity index (χ0v) is 12.7. The van der Waals surface area contributed by atoms with Gasteiger partial charge in [-0.1, -0.05) is 0 Å². The van der Waals surface area contributed by atoms with E-state index in [1.807, 2.05) is 0 Å². The van der Waals surface area contributed by atoms with Crippen LogP contribution in [0, 0.1) is 24.2 Å². The average Bonchev–Trinajstić information content (AvgIpc) is 2.89. The highest BCUT2D eigenvalue weighted by Crippen LogP contribution is 2.62. The molecule has 8 nitrogen and oxygen atoms in total. The van der Waals surface area contributed by atoms with Crippen molar-refractivity contribution < 1.29 is 24.9 Å². The lowest BCUT2D eigenvalue weighted by Gasteiger charge is -2.24. The molecule has 0 spiro atoms. The lowest BCUT2D eigenvalue weighted by atomic mass is 10.0. The molecule has 2 unspecified atom stereocenters. The van der Waals surface area contributed by atoms with E-state index in [0.717, 1.165) is 5.69 Å². The van der Waals surface area contributed by atoms with E-state index in [0.29, 0.717) is 13.1 Å². The topological polar surface area (TPSA) is 131 Å². The third kappa shape index (κ3) is 2.87. The van der Waals surface area contributed by atoms with E-state index < -0.39 is 5.41 Å². The Labute approximate surface area is 132 Å². The number of piperidine rings is 1. The minimum absolute atomic E-state index is 0.0496. The van der Waals surface area contributed by atoms with Gasteiger partial charge in [-0.2, -0.15) is 0 Å². The van der Waals surface area contributed by atoms with Gasteiger partial charge in [-0.3, -0.25) is 14.4 Å². The van der Waals surface area contributed by atoms with Crippen LogP contribution in [0.1, 0.15) is 16.1 Å². The predicted octanol–water partition coefficient (Wildman–Crippen LogP) is -0.943. The third-order valence-corrected chi connectivity index (χ3v) is 4.85. The molecule has 1 aromatic heterocycles. The van der Waals surface area contributed by atoms with Crippen molar-refractivity contribution in [1.29, 1.82) is 0 Å². The van der Waals surface area contributed by atoms with Crippen molar-refractivity contribution in [2.45, 2.75) is 6.92 Å². The summed E-state index contributed by atoms with van der Waals surface area (Å²) in [5, 5.41) is 25.6. The van der Waals surface area contributed by atoms with Crippen molar-refractivity contribution in [3.8, 4) is 0 Å². The van der Waals surface area contributed by atoms with Crippen LogP contribution in [-0.4, -0.2) is 63.9 Å². The Balaban J connectivity index is 0.000000595. The summed E-state index contributed by atoms with van der Waals surface area (Å²) in [7, 11) is 0. The number of aliphatic hydroxyl groups excluding tert-OH is 2. The van der Waals surface area contributed by atoms with E-state index in [1.54, 1.807) is 24.0 Å². The molecule has 0 radical (unpaired) electrons. The maximum absolute atomic E-state index is 12.3. The highest BCUT2D eigenvalue weighted by molar-refractivity contribution is 5.94. The molecule has 1 saturated heterocycles. The standard InChI is InChI=1S/C14H18N2O4.CH2O2/c1-8-2-3-9(12(19)15-8)13(20)16-4-10-11(5-16)14(10,6-17)7-18;2-1-3/h2-3,10-11,17-18H,4-7H2,1H3,(H,15,19);1H,(H,2,3). The second kappa shape index (κ2) is 6.51. The monoisotopic (exact) mass is 324 g/mol. The van der Waals surface area contributed by atoms with Crippen molar-refractivity contribution in [1.82, 2.24) is 9.88 Å². The average molecular weight is 324 g/mol. The van der Waals surface area contributed by atoms with Crippen LogP contribution < -0.4 is 5.56 Å². The van der Waals surface area contributed by atoms with E-state index in [2.05, 4.69) is 4.98 Å². The Morgan fingerprint density at radius 2 is 1.87 bits per heavy atom. The van der Waals surface area contributed by atoms with E-state index in [4.69, 9.17) is 9.90 Å². The number of amides is 1. The minimum atomic E-state index is -0.420. The largest absolute Gasteiger partial charge is 0.483 e. The first-order valence-corrected chi connectivity index (χ1v) is 7.24. The van der Waals surface area contributed by atoms with Gasteiger partial charge in [-0.25, -0.2) is 0 Å². The Morgan fingerprint density at radius 1 is 1.35 bits per heavy atom. The number of fused-ring (bicyclic) bond motifs is 1. The minimum Gasteiger partial charge on any atom is -0.483 e. The predicted molar refractivity (Wildman–Crippen MR) is 80.0 cm³/mol. The van der Waals surface area contributed by atoms with Crippen molar-refractivity contribution in [3.05, 3.63) is 33.7 Å². The van der Waals surface area contributed by atoms with Gasteiger partial charge in [0.25, 0.3) is 17.9 Å². The molecule has 8 heteroatoms. The van der Waals surface area contributed by atoms with Crippen LogP contribution in [0.2, 0.25) is 0 Å². The van der Waals surface area contributed by atoms with Crippen LogP contribution >= 0.6 is 0 Å². The second-order valence-electron chi connectivity index (χ2n) is 5.96. The SMILES string of the molecule is Cc1ccc(C(=O)N2CC3C(C2)C3(CO)CO)c(=O)[nH]1.O=CO. The van der Waals surface area contributed by atoms with Crippen molar-refractivity contribution in [2.24, 2.45) is 17.3 Å². The zero-order valence-electron chi connectivity index (χ0n) is 12.7. The molecule has 1 aliphatic carbocycles. The highest BCUT2D eigenvalue weighted by Gasteiger charge is 2.68. The van der Waals surface area contributed by atoms with Gasteiger partial charge in [0.1, 0.15) is 5.56 Å². The van der Waals surface area contributed by atoms with Gasteiger partial charge < -0.3 is 25.2 Å². The number of carbonyl (C=O) groups excluding carboxylic acids is 1. The number of hydrogen-bond donors (Lipinski definition) is 4. The van der Waals surface area contributed by atoms with E-state index >= 15 is 0 Å². The summed E-state index contributed by atoms with van der Waals surface area (Å²) in [6.45, 7) is 2.41. The highest BCUT2D eigenvalue weighted by atomic mass is 16.3. The van der Waals surface area contributed by atoms with Gasteiger partial charge in [0.15, 0.2) is 0 Å². The van der Waals surface area contributed by atoms with Gasteiger partial charge in [0, 0.05) is 24.2 Å². The summed E-state index contributed by atoms with van der Waals surface area (Å²) in [4.78, 5) is 36.7. The molecule has 0 aromatic carbocycles. The van der Waals surface area contributed by atoms with Crippen LogP contribution in [0.3, 0.4) is 0 Å². The number of rotatable bonds is 3.